The summed E-state index contributed by atoms with van der Waals surface area (Å²) in [5, 5.41) is 0. The third kappa shape index (κ3) is 2.78. The fourth-order valence-corrected chi connectivity index (χ4v) is 2.34. The van der Waals surface area contributed by atoms with Crippen molar-refractivity contribution in [2.75, 3.05) is 12.4 Å². The molecule has 0 radical (unpaired) electrons. The van der Waals surface area contributed by atoms with Crippen LogP contribution >= 0.6 is 11.6 Å². The van der Waals surface area contributed by atoms with Crippen LogP contribution in [0.2, 0.25) is 0 Å². The van der Waals surface area contributed by atoms with Gasteiger partial charge in [0.2, 0.25) is 5.91 Å². The molecule has 1 atom stereocenters. The Hall–Kier alpha value is -1.09. The van der Waals surface area contributed by atoms with Gasteiger partial charge in [-0.2, -0.15) is 0 Å². The predicted molar refractivity (Wildman–Crippen MR) is 65.4 cm³/mol. The van der Waals surface area contributed by atoms with Gasteiger partial charge in [0, 0.05) is 25.4 Å². The molecule has 1 fully saturated rings. The zero-order chi connectivity index (χ0) is 12.4. The van der Waals surface area contributed by atoms with Gasteiger partial charge < -0.3 is 4.90 Å². The molecule has 1 unspecified atom stereocenters. The first-order chi connectivity index (χ1) is 8.10. The number of carbonyl (C=O) groups is 1. The predicted octanol–water partition coefficient (Wildman–Crippen LogP) is 2.72. The van der Waals surface area contributed by atoms with Crippen LogP contribution in [0.5, 0.6) is 0 Å². The molecular formula is C13H15ClFNO. The van der Waals surface area contributed by atoms with Crippen molar-refractivity contribution in [3.63, 3.8) is 0 Å². The average Bonchev–Trinajstić information content (AvgIpc) is 2.65. The number of benzene rings is 1. The van der Waals surface area contributed by atoms with Crippen LogP contribution in [0.4, 0.5) is 4.39 Å². The van der Waals surface area contributed by atoms with Crippen molar-refractivity contribution in [3.8, 4) is 0 Å². The number of hydrogen-bond donors (Lipinski definition) is 0. The molecular weight excluding hydrogens is 241 g/mol. The largest absolute Gasteiger partial charge is 0.338 e. The van der Waals surface area contributed by atoms with Gasteiger partial charge in [-0.3, -0.25) is 4.79 Å². The molecule has 1 amide bonds. The average molecular weight is 256 g/mol. The second-order valence-corrected chi connectivity index (χ2v) is 4.89. The number of alkyl halides is 1. The van der Waals surface area contributed by atoms with Crippen LogP contribution in [0.3, 0.4) is 0 Å². The third-order valence-corrected chi connectivity index (χ3v) is 3.55. The fourth-order valence-electron chi connectivity index (χ4n) is 2.14. The third-order valence-electron chi connectivity index (χ3n) is 3.11. The van der Waals surface area contributed by atoms with Crippen molar-refractivity contribution in [1.82, 2.24) is 4.90 Å². The Morgan fingerprint density at radius 2 is 2.29 bits per heavy atom. The Bertz CT molecular complexity index is 435. The van der Waals surface area contributed by atoms with Gasteiger partial charge in [-0.15, -0.1) is 11.6 Å². The van der Waals surface area contributed by atoms with E-state index in [0.29, 0.717) is 31.0 Å². The lowest BCUT2D eigenvalue weighted by Crippen LogP contribution is -2.24. The van der Waals surface area contributed by atoms with Gasteiger partial charge >= 0.3 is 0 Å². The summed E-state index contributed by atoms with van der Waals surface area (Å²) < 4.78 is 13.1. The summed E-state index contributed by atoms with van der Waals surface area (Å²) >= 11 is 5.76. The van der Waals surface area contributed by atoms with E-state index in [2.05, 4.69) is 0 Å². The SMILES string of the molecule is Cc1cc(CN2CC(CCl)CC2=O)ccc1F. The minimum absolute atomic E-state index is 0.137. The number of likely N-dealkylation sites (tertiary alicyclic amines) is 1. The molecule has 0 N–H and O–H groups in total. The molecule has 1 aliphatic rings. The smallest absolute Gasteiger partial charge is 0.223 e. The molecule has 17 heavy (non-hydrogen) atoms. The quantitative estimate of drug-likeness (QED) is 0.761. The van der Waals surface area contributed by atoms with E-state index < -0.39 is 0 Å². The lowest BCUT2D eigenvalue weighted by Gasteiger charge is -2.16. The number of hydrogen-bond acceptors (Lipinski definition) is 1. The number of nitrogens with zero attached hydrogens (tertiary/aromatic N) is 1. The molecule has 2 nitrogen and oxygen atoms in total. The molecule has 1 aliphatic heterocycles. The van der Waals surface area contributed by atoms with Crippen LogP contribution in [0.25, 0.3) is 0 Å². The van der Waals surface area contributed by atoms with Gasteiger partial charge in [-0.05, 0) is 30.0 Å². The second kappa shape index (κ2) is 5.05. The molecule has 1 aromatic carbocycles. The van der Waals surface area contributed by atoms with E-state index in [-0.39, 0.29) is 17.6 Å². The van der Waals surface area contributed by atoms with E-state index in [1.54, 1.807) is 24.0 Å². The van der Waals surface area contributed by atoms with Crippen LogP contribution in [-0.2, 0) is 11.3 Å². The molecule has 92 valence electrons. The topological polar surface area (TPSA) is 20.3 Å². The van der Waals surface area contributed by atoms with Gasteiger partial charge in [0.15, 0.2) is 0 Å². The van der Waals surface area contributed by atoms with Crippen molar-refractivity contribution < 1.29 is 9.18 Å². The first-order valence-electron chi connectivity index (χ1n) is 5.69. The summed E-state index contributed by atoms with van der Waals surface area (Å²) in [4.78, 5) is 13.5. The molecule has 0 aliphatic carbocycles. The second-order valence-electron chi connectivity index (χ2n) is 4.58. The molecule has 0 saturated carbocycles. The van der Waals surface area contributed by atoms with Crippen molar-refractivity contribution in [1.29, 1.82) is 0 Å². The summed E-state index contributed by atoms with van der Waals surface area (Å²) in [7, 11) is 0. The number of halogens is 2. The minimum Gasteiger partial charge on any atom is -0.338 e. The number of rotatable bonds is 3. The van der Waals surface area contributed by atoms with Gasteiger partial charge in [0.25, 0.3) is 0 Å². The number of carbonyl (C=O) groups excluding carboxylic acids is 1. The van der Waals surface area contributed by atoms with E-state index in [1.807, 2.05) is 0 Å². The van der Waals surface area contributed by atoms with Crippen molar-refractivity contribution >= 4 is 17.5 Å². The van der Waals surface area contributed by atoms with E-state index in [9.17, 15) is 9.18 Å². The van der Waals surface area contributed by atoms with Gasteiger partial charge in [0.1, 0.15) is 5.82 Å². The Labute approximate surface area is 105 Å². The van der Waals surface area contributed by atoms with Crippen LogP contribution in [-0.4, -0.2) is 23.2 Å². The van der Waals surface area contributed by atoms with Crippen molar-refractivity contribution in [2.24, 2.45) is 5.92 Å². The normalized spacial score (nSPS) is 20.1. The summed E-state index contributed by atoms with van der Waals surface area (Å²) in [6, 6.07) is 4.96. The Morgan fingerprint density at radius 3 is 2.88 bits per heavy atom. The van der Waals surface area contributed by atoms with E-state index in [0.717, 1.165) is 5.56 Å². The molecule has 0 spiro atoms. The highest BCUT2D eigenvalue weighted by molar-refractivity contribution is 6.18. The summed E-state index contributed by atoms with van der Waals surface area (Å²) in [5.41, 5.74) is 1.58. The molecule has 4 heteroatoms. The standard InChI is InChI=1S/C13H15ClFNO/c1-9-4-10(2-3-12(9)15)7-16-8-11(6-14)5-13(16)17/h2-4,11H,5-8H2,1H3. The molecule has 1 saturated heterocycles. The van der Waals surface area contributed by atoms with Crippen LogP contribution in [0.15, 0.2) is 18.2 Å². The fraction of sp³-hybridized carbons (Fsp3) is 0.462. The first kappa shape index (κ1) is 12.4. The van der Waals surface area contributed by atoms with Gasteiger partial charge in [0.05, 0.1) is 0 Å². The van der Waals surface area contributed by atoms with Gasteiger partial charge in [-0.1, -0.05) is 12.1 Å². The van der Waals surface area contributed by atoms with Crippen LogP contribution in [0.1, 0.15) is 17.5 Å². The first-order valence-corrected chi connectivity index (χ1v) is 6.22. The maximum Gasteiger partial charge on any atom is 0.223 e. The minimum atomic E-state index is -0.208. The lowest BCUT2D eigenvalue weighted by molar-refractivity contribution is -0.128. The Balaban J connectivity index is 2.06. The van der Waals surface area contributed by atoms with Crippen molar-refractivity contribution in [2.45, 2.75) is 19.9 Å². The molecule has 1 aromatic rings. The van der Waals surface area contributed by atoms with Gasteiger partial charge in [-0.25, -0.2) is 4.39 Å². The highest BCUT2D eigenvalue weighted by Crippen LogP contribution is 2.21. The zero-order valence-corrected chi connectivity index (χ0v) is 10.5. The number of amides is 1. The van der Waals surface area contributed by atoms with Crippen molar-refractivity contribution in [3.05, 3.63) is 35.1 Å². The highest BCUT2D eigenvalue weighted by atomic mass is 35.5. The zero-order valence-electron chi connectivity index (χ0n) is 9.75. The maximum atomic E-state index is 13.1. The Kier molecular flexibility index (Phi) is 3.67. The molecule has 2 rings (SSSR count). The molecule has 1 heterocycles. The summed E-state index contributed by atoms with van der Waals surface area (Å²) in [6.07, 6.45) is 0.531. The molecule has 0 aromatic heterocycles. The van der Waals surface area contributed by atoms with E-state index >= 15 is 0 Å². The highest BCUT2D eigenvalue weighted by Gasteiger charge is 2.28. The Morgan fingerprint density at radius 1 is 1.53 bits per heavy atom. The lowest BCUT2D eigenvalue weighted by atomic mass is 10.1. The number of aryl methyl sites for hydroxylation is 1. The summed E-state index contributed by atoms with van der Waals surface area (Å²) in [5.74, 6) is 0.702. The van der Waals surface area contributed by atoms with E-state index in [1.165, 1.54) is 6.07 Å². The molecule has 0 bridgehead atoms. The monoisotopic (exact) mass is 255 g/mol. The van der Waals surface area contributed by atoms with E-state index in [4.69, 9.17) is 11.6 Å². The summed E-state index contributed by atoms with van der Waals surface area (Å²) in [6.45, 7) is 2.98. The van der Waals surface area contributed by atoms with Crippen LogP contribution in [0, 0.1) is 18.7 Å². The maximum absolute atomic E-state index is 13.1. The van der Waals surface area contributed by atoms with Crippen LogP contribution < -0.4 is 0 Å².